The predicted molar refractivity (Wildman–Crippen MR) is 112 cm³/mol. The number of nitro groups is 1. The molecule has 1 heterocycles. The minimum atomic E-state index is -0.536. The number of ether oxygens (including phenoxy) is 1. The van der Waals surface area contributed by atoms with E-state index in [0.29, 0.717) is 11.4 Å². The van der Waals surface area contributed by atoms with Gasteiger partial charge in [-0.25, -0.2) is 0 Å². The number of amides is 2. The van der Waals surface area contributed by atoms with Gasteiger partial charge in [-0.3, -0.25) is 19.7 Å². The van der Waals surface area contributed by atoms with Crippen molar-refractivity contribution < 1.29 is 19.2 Å². The molecule has 1 atom stereocenters. The Morgan fingerprint density at radius 3 is 2.52 bits per heavy atom. The van der Waals surface area contributed by atoms with Crippen LogP contribution in [0.1, 0.15) is 17.5 Å². The van der Waals surface area contributed by atoms with Crippen molar-refractivity contribution in [2.45, 2.75) is 20.3 Å². The number of hydrogen-bond donors (Lipinski definition) is 1. The third kappa shape index (κ3) is 4.24. The van der Waals surface area contributed by atoms with Gasteiger partial charge in [0.05, 0.1) is 29.7 Å². The maximum atomic E-state index is 12.7. The molecule has 1 saturated heterocycles. The fourth-order valence-electron chi connectivity index (χ4n) is 3.38. The first-order valence-corrected chi connectivity index (χ1v) is 9.71. The molecule has 2 aromatic carbocycles. The predicted octanol–water partition coefficient (Wildman–Crippen LogP) is 3.97. The van der Waals surface area contributed by atoms with Gasteiger partial charge in [0.1, 0.15) is 5.75 Å². The zero-order valence-electron chi connectivity index (χ0n) is 16.2. The summed E-state index contributed by atoms with van der Waals surface area (Å²) in [5.41, 5.74) is 2.95. The van der Waals surface area contributed by atoms with E-state index in [-0.39, 0.29) is 36.2 Å². The minimum Gasteiger partial charge on any atom is -0.494 e. The number of non-ortho nitro benzene ring substituents is 1. The molecular weight excluding hydrogens is 442 g/mol. The van der Waals surface area contributed by atoms with E-state index < -0.39 is 10.8 Å². The van der Waals surface area contributed by atoms with Crippen LogP contribution >= 0.6 is 15.9 Å². The molecule has 2 aromatic rings. The van der Waals surface area contributed by atoms with Gasteiger partial charge in [0.25, 0.3) is 5.69 Å². The fraction of sp³-hybridized carbons (Fsp3) is 0.300. The van der Waals surface area contributed by atoms with E-state index in [4.69, 9.17) is 4.74 Å². The van der Waals surface area contributed by atoms with Gasteiger partial charge >= 0.3 is 0 Å². The molecule has 0 spiro atoms. The monoisotopic (exact) mass is 461 g/mol. The third-order valence-corrected chi connectivity index (χ3v) is 6.12. The second kappa shape index (κ2) is 8.20. The number of halogens is 1. The van der Waals surface area contributed by atoms with Gasteiger partial charge in [-0.1, -0.05) is 15.9 Å². The largest absolute Gasteiger partial charge is 0.494 e. The van der Waals surface area contributed by atoms with Crippen LogP contribution in [0.3, 0.4) is 0 Å². The Morgan fingerprint density at radius 2 is 1.93 bits per heavy atom. The summed E-state index contributed by atoms with van der Waals surface area (Å²) in [6.07, 6.45) is 0.0560. The van der Waals surface area contributed by atoms with Crippen molar-refractivity contribution in [1.82, 2.24) is 0 Å². The molecule has 1 aliphatic heterocycles. The Labute approximate surface area is 176 Å². The summed E-state index contributed by atoms with van der Waals surface area (Å²) in [5, 5.41) is 13.8. The van der Waals surface area contributed by atoms with Crippen LogP contribution in [0.25, 0.3) is 0 Å². The molecule has 3 rings (SSSR count). The lowest BCUT2D eigenvalue weighted by Crippen LogP contribution is -2.28. The zero-order chi connectivity index (χ0) is 21.3. The van der Waals surface area contributed by atoms with Gasteiger partial charge in [0.15, 0.2) is 0 Å². The quantitative estimate of drug-likeness (QED) is 0.535. The Morgan fingerprint density at radius 1 is 1.28 bits per heavy atom. The lowest BCUT2D eigenvalue weighted by atomic mass is 10.1. The standard InChI is InChI=1S/C20H20BrN3O5/c1-11-6-14(7-12(2)19(11)21)22-20(26)13-8-18(25)23(10-13)16-5-4-15(24(27)28)9-17(16)29-3/h4-7,9,13H,8,10H2,1-3H3,(H,22,26)/t13-/m1/s1. The molecular formula is C20H20BrN3O5. The summed E-state index contributed by atoms with van der Waals surface area (Å²) >= 11 is 3.50. The summed E-state index contributed by atoms with van der Waals surface area (Å²) < 4.78 is 6.21. The summed E-state index contributed by atoms with van der Waals surface area (Å²) in [5.74, 6) is -0.803. The Hall–Kier alpha value is -2.94. The molecule has 0 aliphatic carbocycles. The van der Waals surface area contributed by atoms with E-state index >= 15 is 0 Å². The van der Waals surface area contributed by atoms with Crippen LogP contribution in [-0.4, -0.2) is 30.4 Å². The van der Waals surface area contributed by atoms with Crippen LogP contribution in [0.4, 0.5) is 17.1 Å². The molecule has 2 amide bonds. The van der Waals surface area contributed by atoms with Gasteiger partial charge < -0.3 is 15.0 Å². The molecule has 1 N–H and O–H groups in total. The maximum Gasteiger partial charge on any atom is 0.273 e. The molecule has 9 heteroatoms. The fourth-order valence-corrected chi connectivity index (χ4v) is 3.61. The number of carbonyl (C=O) groups is 2. The molecule has 8 nitrogen and oxygen atoms in total. The summed E-state index contributed by atoms with van der Waals surface area (Å²) in [6.45, 7) is 4.05. The van der Waals surface area contributed by atoms with Crippen LogP contribution in [0.2, 0.25) is 0 Å². The number of nitrogens with zero attached hydrogens (tertiary/aromatic N) is 2. The average molecular weight is 462 g/mol. The molecule has 0 aromatic heterocycles. The molecule has 152 valence electrons. The molecule has 0 bridgehead atoms. The summed E-state index contributed by atoms with van der Waals surface area (Å²) in [7, 11) is 1.38. The number of anilines is 2. The topological polar surface area (TPSA) is 102 Å². The van der Waals surface area contributed by atoms with Crippen molar-refractivity contribution in [1.29, 1.82) is 0 Å². The molecule has 0 radical (unpaired) electrons. The zero-order valence-corrected chi connectivity index (χ0v) is 17.8. The van der Waals surface area contributed by atoms with Gasteiger partial charge in [0.2, 0.25) is 11.8 Å². The van der Waals surface area contributed by atoms with Gasteiger partial charge in [-0.05, 0) is 43.2 Å². The van der Waals surface area contributed by atoms with Crippen molar-refractivity contribution in [2.24, 2.45) is 5.92 Å². The van der Waals surface area contributed by atoms with E-state index in [2.05, 4.69) is 21.2 Å². The number of nitrogens with one attached hydrogen (secondary N) is 1. The second-order valence-electron chi connectivity index (χ2n) is 6.93. The molecule has 0 saturated carbocycles. The van der Waals surface area contributed by atoms with Crippen LogP contribution < -0.4 is 15.0 Å². The average Bonchev–Trinajstić information content (AvgIpc) is 3.07. The first kappa shape index (κ1) is 20.8. The summed E-state index contributed by atoms with van der Waals surface area (Å²) in [6, 6.07) is 7.78. The normalized spacial score (nSPS) is 16.1. The first-order valence-electron chi connectivity index (χ1n) is 8.91. The van der Waals surface area contributed by atoms with Crippen molar-refractivity contribution >= 4 is 44.8 Å². The van der Waals surface area contributed by atoms with Gasteiger partial charge in [0, 0.05) is 29.2 Å². The van der Waals surface area contributed by atoms with Crippen LogP contribution in [0.5, 0.6) is 5.75 Å². The number of aryl methyl sites for hydroxylation is 2. The van der Waals surface area contributed by atoms with Gasteiger partial charge in [-0.2, -0.15) is 0 Å². The number of rotatable bonds is 5. The molecule has 0 unspecified atom stereocenters. The summed E-state index contributed by atoms with van der Waals surface area (Å²) in [4.78, 5) is 37.1. The maximum absolute atomic E-state index is 12.7. The lowest BCUT2D eigenvalue weighted by Gasteiger charge is -2.19. The highest BCUT2D eigenvalue weighted by Crippen LogP contribution is 2.36. The smallest absolute Gasteiger partial charge is 0.273 e. The van der Waals surface area contributed by atoms with Crippen molar-refractivity contribution in [3.8, 4) is 5.75 Å². The van der Waals surface area contributed by atoms with Crippen molar-refractivity contribution in [2.75, 3.05) is 23.9 Å². The van der Waals surface area contributed by atoms with Crippen molar-refractivity contribution in [3.05, 3.63) is 56.0 Å². The molecule has 29 heavy (non-hydrogen) atoms. The highest BCUT2D eigenvalue weighted by atomic mass is 79.9. The van der Waals surface area contributed by atoms with Crippen LogP contribution in [-0.2, 0) is 9.59 Å². The molecule has 1 aliphatic rings. The number of hydrogen-bond acceptors (Lipinski definition) is 5. The minimum absolute atomic E-state index is 0.0560. The Kier molecular flexibility index (Phi) is 5.88. The van der Waals surface area contributed by atoms with E-state index in [1.165, 1.54) is 30.2 Å². The SMILES string of the molecule is COc1cc([N+](=O)[O-])ccc1N1C[C@H](C(=O)Nc2cc(C)c(Br)c(C)c2)CC1=O. The van der Waals surface area contributed by atoms with Crippen molar-refractivity contribution in [3.63, 3.8) is 0 Å². The van der Waals surface area contributed by atoms with E-state index in [1.807, 2.05) is 26.0 Å². The number of nitro benzene ring substituents is 1. The van der Waals surface area contributed by atoms with Crippen LogP contribution in [0, 0.1) is 29.9 Å². The third-order valence-electron chi connectivity index (χ3n) is 4.86. The van der Waals surface area contributed by atoms with E-state index in [0.717, 1.165) is 15.6 Å². The Balaban J connectivity index is 1.78. The van der Waals surface area contributed by atoms with E-state index in [9.17, 15) is 19.7 Å². The Bertz CT molecular complexity index is 985. The van der Waals surface area contributed by atoms with Gasteiger partial charge in [-0.15, -0.1) is 0 Å². The lowest BCUT2D eigenvalue weighted by molar-refractivity contribution is -0.384. The number of benzene rings is 2. The number of methoxy groups -OCH3 is 1. The van der Waals surface area contributed by atoms with E-state index in [1.54, 1.807) is 0 Å². The number of carbonyl (C=O) groups excluding carboxylic acids is 2. The first-order chi connectivity index (χ1) is 13.7. The molecule has 1 fully saturated rings. The second-order valence-corrected chi connectivity index (χ2v) is 7.72. The highest BCUT2D eigenvalue weighted by Gasteiger charge is 2.36. The highest BCUT2D eigenvalue weighted by molar-refractivity contribution is 9.10. The van der Waals surface area contributed by atoms with Crippen LogP contribution in [0.15, 0.2) is 34.8 Å².